The summed E-state index contributed by atoms with van der Waals surface area (Å²) in [6, 6.07) is 2.25. The lowest BCUT2D eigenvalue weighted by atomic mass is 10.2. The number of hydrogen-bond donors (Lipinski definition) is 4. The van der Waals surface area contributed by atoms with Gasteiger partial charge in [0, 0.05) is 37.4 Å². The Labute approximate surface area is 189 Å². The van der Waals surface area contributed by atoms with Crippen LogP contribution in [-0.4, -0.2) is 73.1 Å². The van der Waals surface area contributed by atoms with E-state index in [1.165, 1.54) is 12.4 Å². The maximum absolute atomic E-state index is 12.4. The van der Waals surface area contributed by atoms with Gasteiger partial charge >= 0.3 is 17.5 Å². The van der Waals surface area contributed by atoms with Crippen molar-refractivity contribution >= 4 is 6.16 Å². The first-order valence-electron chi connectivity index (χ1n) is 10.3. The third-order valence-electron chi connectivity index (χ3n) is 5.54. The number of H-pyrrole nitrogens is 2. The maximum Gasteiger partial charge on any atom is 0.509 e. The summed E-state index contributed by atoms with van der Waals surface area (Å²) in [7, 11) is 0. The van der Waals surface area contributed by atoms with Crippen LogP contribution in [0.15, 0.2) is 43.7 Å². The Morgan fingerprint density at radius 2 is 1.26 bits per heavy atom. The van der Waals surface area contributed by atoms with Gasteiger partial charge in [-0.05, 0) is 0 Å². The normalized spacial score (nSPS) is 28.6. The van der Waals surface area contributed by atoms with Crippen molar-refractivity contribution in [1.82, 2.24) is 19.1 Å². The monoisotopic (exact) mass is 482 g/mol. The molecule has 2 fully saturated rings. The highest BCUT2D eigenvalue weighted by molar-refractivity contribution is 5.60. The Hall–Kier alpha value is -3.53. The minimum absolute atomic E-state index is 0.00767. The largest absolute Gasteiger partial charge is 0.509 e. The molecule has 0 amide bonds. The molecule has 0 aromatic carbocycles. The fourth-order valence-corrected chi connectivity index (χ4v) is 3.90. The molecule has 2 aromatic rings. The molecule has 0 bridgehead atoms. The predicted molar refractivity (Wildman–Crippen MR) is 109 cm³/mol. The van der Waals surface area contributed by atoms with Crippen molar-refractivity contribution in [3.05, 3.63) is 66.2 Å². The highest BCUT2D eigenvalue weighted by Crippen LogP contribution is 2.32. The van der Waals surface area contributed by atoms with Crippen molar-refractivity contribution < 1.29 is 34.0 Å². The van der Waals surface area contributed by atoms with E-state index in [1.54, 1.807) is 0 Å². The van der Waals surface area contributed by atoms with Gasteiger partial charge in [-0.2, -0.15) is 0 Å². The molecule has 0 unspecified atom stereocenters. The van der Waals surface area contributed by atoms with Gasteiger partial charge in [0.25, 0.3) is 11.1 Å². The highest BCUT2D eigenvalue weighted by Gasteiger charge is 2.42. The molecule has 34 heavy (non-hydrogen) atoms. The van der Waals surface area contributed by atoms with Gasteiger partial charge in [0.15, 0.2) is 0 Å². The molecule has 2 aromatic heterocycles. The minimum atomic E-state index is -1.14. The van der Waals surface area contributed by atoms with E-state index in [0.29, 0.717) is 0 Å². The van der Waals surface area contributed by atoms with Gasteiger partial charge in [-0.25, -0.2) is 14.4 Å². The molecule has 2 aliphatic rings. The van der Waals surface area contributed by atoms with Gasteiger partial charge in [-0.1, -0.05) is 0 Å². The number of carbonyl (C=O) groups excluding carboxylic acids is 1. The number of hydrogen-bond acceptors (Lipinski definition) is 11. The van der Waals surface area contributed by atoms with Crippen LogP contribution in [0.1, 0.15) is 25.3 Å². The van der Waals surface area contributed by atoms with Crippen LogP contribution in [0.3, 0.4) is 0 Å². The number of nitrogens with zero attached hydrogens (tertiary/aromatic N) is 2. The van der Waals surface area contributed by atoms with Crippen LogP contribution in [0.5, 0.6) is 0 Å². The van der Waals surface area contributed by atoms with Crippen LogP contribution < -0.4 is 22.5 Å². The molecule has 15 heteroatoms. The standard InChI is InChI=1S/C19H22N4O11/c24-7-11-9(5-15(31-11)22-3-1-13(26)20-17(22)28)33-19(30)34-10-6-16(32-12(10)8-25)23-4-2-14(27)21-18(23)29/h1-4,9-12,15-16,24-25H,5-8H2,(H,20,26,28)(H,21,27,29)/t9-,10-,11-,12-,15-,16-/m1/s1. The van der Waals surface area contributed by atoms with Gasteiger partial charge in [0.1, 0.15) is 36.9 Å². The van der Waals surface area contributed by atoms with Gasteiger partial charge in [0.05, 0.1) is 13.2 Å². The number of nitrogens with one attached hydrogen (secondary N) is 2. The Morgan fingerprint density at radius 3 is 1.62 bits per heavy atom. The Bertz CT molecular complexity index is 1170. The fraction of sp³-hybridized carbons (Fsp3) is 0.526. The lowest BCUT2D eigenvalue weighted by Crippen LogP contribution is -2.34. The molecule has 15 nitrogen and oxygen atoms in total. The average molecular weight is 482 g/mol. The lowest BCUT2D eigenvalue weighted by Gasteiger charge is -2.20. The molecule has 4 N–H and O–H groups in total. The predicted octanol–water partition coefficient (Wildman–Crippen LogP) is -2.46. The third kappa shape index (κ3) is 4.86. The quantitative estimate of drug-likeness (QED) is 0.318. The second-order valence-electron chi connectivity index (χ2n) is 7.69. The number of carbonyl (C=O) groups is 1. The Morgan fingerprint density at radius 1 is 0.853 bits per heavy atom. The van der Waals surface area contributed by atoms with Gasteiger partial charge in [-0.15, -0.1) is 0 Å². The maximum atomic E-state index is 12.4. The molecule has 4 heterocycles. The summed E-state index contributed by atoms with van der Waals surface area (Å²) in [5.41, 5.74) is -2.63. The second-order valence-corrected chi connectivity index (χ2v) is 7.69. The molecular weight excluding hydrogens is 460 g/mol. The van der Waals surface area contributed by atoms with Crippen LogP contribution in [0.2, 0.25) is 0 Å². The first-order valence-corrected chi connectivity index (χ1v) is 10.3. The van der Waals surface area contributed by atoms with E-state index in [0.717, 1.165) is 21.3 Å². The summed E-state index contributed by atoms with van der Waals surface area (Å²) in [4.78, 5) is 63.1. The molecule has 0 aliphatic carbocycles. The van der Waals surface area contributed by atoms with Crippen LogP contribution in [0.4, 0.5) is 4.79 Å². The smallest absolute Gasteiger partial charge is 0.428 e. The third-order valence-corrected chi connectivity index (χ3v) is 5.54. The van der Waals surface area contributed by atoms with Crippen molar-refractivity contribution in [2.24, 2.45) is 0 Å². The van der Waals surface area contributed by atoms with Crippen molar-refractivity contribution in [3.63, 3.8) is 0 Å². The van der Waals surface area contributed by atoms with Crippen molar-refractivity contribution in [1.29, 1.82) is 0 Å². The molecule has 2 saturated heterocycles. The molecule has 0 saturated carbocycles. The molecule has 2 aliphatic heterocycles. The summed E-state index contributed by atoms with van der Waals surface area (Å²) in [5.74, 6) is 0. The summed E-state index contributed by atoms with van der Waals surface area (Å²) < 4.78 is 23.9. The van der Waals surface area contributed by atoms with E-state index in [-0.39, 0.29) is 12.8 Å². The van der Waals surface area contributed by atoms with Crippen molar-refractivity contribution in [2.75, 3.05) is 13.2 Å². The van der Waals surface area contributed by atoms with Crippen molar-refractivity contribution in [3.8, 4) is 0 Å². The van der Waals surface area contributed by atoms with Crippen LogP contribution in [0, 0.1) is 0 Å². The molecule has 184 valence electrons. The molecule has 0 spiro atoms. The topological polar surface area (TPSA) is 204 Å². The molecule has 6 atom stereocenters. The number of aliphatic hydroxyl groups is 2. The fourth-order valence-electron chi connectivity index (χ4n) is 3.90. The zero-order valence-electron chi connectivity index (χ0n) is 17.6. The van der Waals surface area contributed by atoms with E-state index in [4.69, 9.17) is 18.9 Å². The van der Waals surface area contributed by atoms with Crippen LogP contribution in [0.25, 0.3) is 0 Å². The first kappa shape index (κ1) is 23.6. The molecule has 4 rings (SSSR count). The summed E-state index contributed by atoms with van der Waals surface area (Å²) >= 11 is 0. The zero-order valence-corrected chi connectivity index (χ0v) is 17.6. The minimum Gasteiger partial charge on any atom is -0.428 e. The van der Waals surface area contributed by atoms with Crippen LogP contribution >= 0.6 is 0 Å². The Balaban J connectivity index is 1.41. The highest BCUT2D eigenvalue weighted by atomic mass is 16.7. The first-order chi connectivity index (χ1) is 16.3. The summed E-state index contributed by atoms with van der Waals surface area (Å²) in [5, 5.41) is 19.2. The zero-order chi connectivity index (χ0) is 24.4. The van der Waals surface area contributed by atoms with E-state index >= 15 is 0 Å². The van der Waals surface area contributed by atoms with Crippen LogP contribution in [-0.2, 0) is 18.9 Å². The van der Waals surface area contributed by atoms with E-state index in [9.17, 15) is 34.2 Å². The number of ether oxygens (including phenoxy) is 4. The summed E-state index contributed by atoms with van der Waals surface area (Å²) in [6.45, 7) is -1.04. The number of aliphatic hydroxyl groups excluding tert-OH is 2. The second kappa shape index (κ2) is 9.76. The SMILES string of the molecule is O=C(O[C@@H]1C[C@H](n2ccc(=O)[nH]c2=O)O[C@@H]1CO)O[C@@H]1C[C@H](n2ccc(=O)[nH]c2=O)O[C@@H]1CO. The summed E-state index contributed by atoms with van der Waals surface area (Å²) in [6.07, 6.45) is -4.39. The van der Waals surface area contributed by atoms with Crippen molar-refractivity contribution in [2.45, 2.75) is 49.7 Å². The van der Waals surface area contributed by atoms with Gasteiger partial charge in [-0.3, -0.25) is 28.7 Å². The van der Waals surface area contributed by atoms with Gasteiger partial charge in [0.2, 0.25) is 0 Å². The number of aromatic amines is 2. The van der Waals surface area contributed by atoms with E-state index in [2.05, 4.69) is 9.97 Å². The number of aromatic nitrogens is 4. The van der Waals surface area contributed by atoms with E-state index < -0.39 is 78.7 Å². The molecular formula is C19H22N4O11. The average Bonchev–Trinajstić information content (AvgIpc) is 3.37. The number of rotatable bonds is 6. The van der Waals surface area contributed by atoms with Gasteiger partial charge < -0.3 is 29.2 Å². The van der Waals surface area contributed by atoms with E-state index in [1.807, 2.05) is 0 Å². The lowest BCUT2D eigenvalue weighted by molar-refractivity contribution is -0.0763. The molecule has 0 radical (unpaired) electrons. The Kier molecular flexibility index (Phi) is 6.78.